The second-order valence-electron chi connectivity index (χ2n) is 4.66. The summed E-state index contributed by atoms with van der Waals surface area (Å²) in [6.45, 7) is 8.93. The van der Waals surface area contributed by atoms with Gasteiger partial charge in [-0.3, -0.25) is 4.90 Å². The molecule has 0 aromatic rings. The SMILES string of the molecule is CCCN(C1CC1)C(CN)C(C)CC. The summed E-state index contributed by atoms with van der Waals surface area (Å²) < 4.78 is 0. The lowest BCUT2D eigenvalue weighted by Crippen LogP contribution is -2.46. The van der Waals surface area contributed by atoms with Crippen LogP contribution in [0, 0.1) is 5.92 Å². The summed E-state index contributed by atoms with van der Waals surface area (Å²) in [5, 5.41) is 0. The van der Waals surface area contributed by atoms with Gasteiger partial charge in [0, 0.05) is 18.6 Å². The summed E-state index contributed by atoms with van der Waals surface area (Å²) >= 11 is 0. The van der Waals surface area contributed by atoms with Crippen LogP contribution in [0.15, 0.2) is 0 Å². The monoisotopic (exact) mass is 198 g/mol. The molecule has 1 aliphatic rings. The van der Waals surface area contributed by atoms with Crippen molar-refractivity contribution in [2.45, 2.75) is 58.5 Å². The first-order valence-corrected chi connectivity index (χ1v) is 6.20. The molecule has 1 rings (SSSR count). The first kappa shape index (κ1) is 12.0. The molecule has 1 fully saturated rings. The van der Waals surface area contributed by atoms with Crippen LogP contribution < -0.4 is 5.73 Å². The van der Waals surface area contributed by atoms with E-state index in [0.29, 0.717) is 6.04 Å². The van der Waals surface area contributed by atoms with Crippen molar-refractivity contribution in [3.8, 4) is 0 Å². The maximum atomic E-state index is 5.90. The smallest absolute Gasteiger partial charge is 0.0246 e. The number of hydrogen-bond donors (Lipinski definition) is 1. The van der Waals surface area contributed by atoms with Crippen LogP contribution in [0.5, 0.6) is 0 Å². The summed E-state index contributed by atoms with van der Waals surface area (Å²) in [4.78, 5) is 2.66. The fourth-order valence-electron chi connectivity index (χ4n) is 2.25. The quantitative estimate of drug-likeness (QED) is 0.680. The molecule has 14 heavy (non-hydrogen) atoms. The molecule has 1 aliphatic carbocycles. The predicted molar refractivity (Wildman–Crippen MR) is 62.3 cm³/mol. The number of nitrogens with zero attached hydrogens (tertiary/aromatic N) is 1. The minimum absolute atomic E-state index is 0.618. The lowest BCUT2D eigenvalue weighted by Gasteiger charge is -2.34. The Balaban J connectivity index is 2.52. The van der Waals surface area contributed by atoms with Crippen molar-refractivity contribution in [2.24, 2.45) is 11.7 Å². The van der Waals surface area contributed by atoms with Crippen molar-refractivity contribution in [3.63, 3.8) is 0 Å². The number of hydrogen-bond acceptors (Lipinski definition) is 2. The molecule has 2 atom stereocenters. The number of nitrogens with two attached hydrogens (primary N) is 1. The zero-order chi connectivity index (χ0) is 10.6. The lowest BCUT2D eigenvalue weighted by atomic mass is 9.97. The van der Waals surface area contributed by atoms with E-state index in [0.717, 1.165) is 18.5 Å². The Bertz CT molecular complexity index is 154. The molecular weight excluding hydrogens is 172 g/mol. The lowest BCUT2D eigenvalue weighted by molar-refractivity contribution is 0.141. The predicted octanol–water partition coefficient (Wildman–Crippen LogP) is 2.23. The van der Waals surface area contributed by atoms with Crippen molar-refractivity contribution in [3.05, 3.63) is 0 Å². The van der Waals surface area contributed by atoms with E-state index in [1.165, 1.54) is 32.2 Å². The summed E-state index contributed by atoms with van der Waals surface area (Å²) in [6, 6.07) is 1.48. The Kier molecular flexibility index (Phi) is 4.90. The summed E-state index contributed by atoms with van der Waals surface area (Å²) in [6.07, 6.45) is 5.29. The fourth-order valence-corrected chi connectivity index (χ4v) is 2.25. The zero-order valence-electron chi connectivity index (χ0n) is 10.00. The maximum Gasteiger partial charge on any atom is 0.0246 e. The third-order valence-electron chi connectivity index (χ3n) is 3.47. The molecule has 0 heterocycles. The molecule has 2 N–H and O–H groups in total. The Morgan fingerprint density at radius 3 is 2.36 bits per heavy atom. The highest BCUT2D eigenvalue weighted by atomic mass is 15.2. The molecule has 84 valence electrons. The standard InChI is InChI=1S/C12H26N2/c1-4-8-14(11-6-7-11)12(9-13)10(3)5-2/h10-12H,4-9,13H2,1-3H3. The zero-order valence-corrected chi connectivity index (χ0v) is 10.00. The van der Waals surface area contributed by atoms with E-state index in [2.05, 4.69) is 25.7 Å². The van der Waals surface area contributed by atoms with Gasteiger partial charge in [0.1, 0.15) is 0 Å². The van der Waals surface area contributed by atoms with E-state index in [9.17, 15) is 0 Å². The van der Waals surface area contributed by atoms with Crippen molar-refractivity contribution < 1.29 is 0 Å². The van der Waals surface area contributed by atoms with Gasteiger partial charge >= 0.3 is 0 Å². The van der Waals surface area contributed by atoms with Gasteiger partial charge in [0.2, 0.25) is 0 Å². The van der Waals surface area contributed by atoms with Gasteiger partial charge in [-0.2, -0.15) is 0 Å². The molecule has 0 bridgehead atoms. The van der Waals surface area contributed by atoms with E-state index < -0.39 is 0 Å². The molecule has 0 saturated heterocycles. The highest BCUT2D eigenvalue weighted by molar-refractivity contribution is 4.90. The average molecular weight is 198 g/mol. The van der Waals surface area contributed by atoms with Gasteiger partial charge in [0.25, 0.3) is 0 Å². The van der Waals surface area contributed by atoms with Crippen LogP contribution in [0.25, 0.3) is 0 Å². The van der Waals surface area contributed by atoms with E-state index in [4.69, 9.17) is 5.73 Å². The van der Waals surface area contributed by atoms with Gasteiger partial charge in [-0.25, -0.2) is 0 Å². The Morgan fingerprint density at radius 2 is 2.00 bits per heavy atom. The van der Waals surface area contributed by atoms with Crippen LogP contribution in [-0.4, -0.2) is 30.1 Å². The second-order valence-corrected chi connectivity index (χ2v) is 4.66. The molecular formula is C12H26N2. The van der Waals surface area contributed by atoms with Crippen LogP contribution in [0.3, 0.4) is 0 Å². The Hall–Kier alpha value is -0.0800. The summed E-state index contributed by atoms with van der Waals surface area (Å²) in [7, 11) is 0. The third kappa shape index (κ3) is 2.96. The second kappa shape index (κ2) is 5.72. The third-order valence-corrected chi connectivity index (χ3v) is 3.47. The van der Waals surface area contributed by atoms with Crippen LogP contribution in [-0.2, 0) is 0 Å². The topological polar surface area (TPSA) is 29.3 Å². The van der Waals surface area contributed by atoms with Gasteiger partial charge in [-0.15, -0.1) is 0 Å². The first-order chi connectivity index (χ1) is 6.74. The highest BCUT2D eigenvalue weighted by Crippen LogP contribution is 2.31. The highest BCUT2D eigenvalue weighted by Gasteiger charge is 2.34. The molecule has 0 aliphatic heterocycles. The largest absolute Gasteiger partial charge is 0.329 e. The van der Waals surface area contributed by atoms with E-state index >= 15 is 0 Å². The molecule has 0 aromatic heterocycles. The maximum absolute atomic E-state index is 5.90. The van der Waals surface area contributed by atoms with E-state index in [1.807, 2.05) is 0 Å². The van der Waals surface area contributed by atoms with E-state index in [1.54, 1.807) is 0 Å². The molecule has 2 heteroatoms. The molecule has 1 saturated carbocycles. The number of rotatable bonds is 7. The van der Waals surface area contributed by atoms with Crippen LogP contribution in [0.4, 0.5) is 0 Å². The van der Waals surface area contributed by atoms with Crippen molar-refractivity contribution >= 4 is 0 Å². The van der Waals surface area contributed by atoms with Gasteiger partial charge in [-0.05, 0) is 31.7 Å². The molecule has 0 aromatic carbocycles. The fraction of sp³-hybridized carbons (Fsp3) is 1.00. The summed E-state index contributed by atoms with van der Waals surface area (Å²) in [5.74, 6) is 0.743. The molecule has 0 spiro atoms. The van der Waals surface area contributed by atoms with Crippen molar-refractivity contribution in [2.75, 3.05) is 13.1 Å². The van der Waals surface area contributed by atoms with E-state index in [-0.39, 0.29) is 0 Å². The molecule has 2 nitrogen and oxygen atoms in total. The van der Waals surface area contributed by atoms with Crippen LogP contribution >= 0.6 is 0 Å². The normalized spacial score (nSPS) is 21.2. The van der Waals surface area contributed by atoms with Crippen LogP contribution in [0.1, 0.15) is 46.5 Å². The van der Waals surface area contributed by atoms with Crippen molar-refractivity contribution in [1.82, 2.24) is 4.90 Å². The molecule has 2 unspecified atom stereocenters. The first-order valence-electron chi connectivity index (χ1n) is 6.20. The van der Waals surface area contributed by atoms with Crippen LogP contribution in [0.2, 0.25) is 0 Å². The van der Waals surface area contributed by atoms with Gasteiger partial charge in [-0.1, -0.05) is 27.2 Å². The van der Waals surface area contributed by atoms with Gasteiger partial charge in [0.15, 0.2) is 0 Å². The molecule has 0 amide bonds. The van der Waals surface area contributed by atoms with Crippen molar-refractivity contribution in [1.29, 1.82) is 0 Å². The van der Waals surface area contributed by atoms with Gasteiger partial charge in [0.05, 0.1) is 0 Å². The minimum Gasteiger partial charge on any atom is -0.329 e. The van der Waals surface area contributed by atoms with Gasteiger partial charge < -0.3 is 5.73 Å². The average Bonchev–Trinajstić information content (AvgIpc) is 3.00. The Labute approximate surface area is 88.8 Å². The summed E-state index contributed by atoms with van der Waals surface area (Å²) in [5.41, 5.74) is 5.90. The molecule has 0 radical (unpaired) electrons. The minimum atomic E-state index is 0.618. The Morgan fingerprint density at radius 1 is 1.36 bits per heavy atom.